The molecule has 0 atom stereocenters. The van der Waals surface area contributed by atoms with Gasteiger partial charge in [-0.3, -0.25) is 9.48 Å². The Morgan fingerprint density at radius 2 is 1.92 bits per heavy atom. The van der Waals surface area contributed by atoms with Crippen LogP contribution < -0.4 is 10.1 Å². The molecule has 0 spiro atoms. The second-order valence-corrected chi connectivity index (χ2v) is 6.31. The maximum Gasteiger partial charge on any atom is 0.262 e. The van der Waals surface area contributed by atoms with E-state index in [1.54, 1.807) is 6.20 Å². The van der Waals surface area contributed by atoms with Crippen molar-refractivity contribution in [3.05, 3.63) is 77.6 Å². The highest BCUT2D eigenvalue weighted by Crippen LogP contribution is 2.16. The molecule has 0 saturated heterocycles. The molecule has 3 aromatic rings. The fourth-order valence-electron chi connectivity index (χ4n) is 2.59. The molecule has 0 unspecified atom stereocenters. The molecule has 5 nitrogen and oxygen atoms in total. The Morgan fingerprint density at radius 3 is 2.69 bits per heavy atom. The number of nitrogens with one attached hydrogen (secondary N) is 1. The third kappa shape index (κ3) is 4.96. The molecular formula is C21H23N3O2. The van der Waals surface area contributed by atoms with Gasteiger partial charge in [0.2, 0.25) is 0 Å². The zero-order valence-electron chi connectivity index (χ0n) is 15.1. The Labute approximate surface area is 153 Å². The lowest BCUT2D eigenvalue weighted by Gasteiger charge is -2.08. The third-order valence-electron chi connectivity index (χ3n) is 4.24. The number of amides is 1. The normalized spacial score (nSPS) is 10.5. The molecule has 0 fully saturated rings. The average molecular weight is 349 g/mol. The molecule has 1 aromatic heterocycles. The molecule has 1 amide bonds. The van der Waals surface area contributed by atoms with Gasteiger partial charge < -0.3 is 10.1 Å². The van der Waals surface area contributed by atoms with Gasteiger partial charge in [0.05, 0.1) is 11.9 Å². The Balaban J connectivity index is 1.47. The van der Waals surface area contributed by atoms with E-state index >= 15 is 0 Å². The summed E-state index contributed by atoms with van der Waals surface area (Å²) in [6, 6.07) is 16.0. The molecule has 2 aromatic carbocycles. The van der Waals surface area contributed by atoms with Gasteiger partial charge in [-0.25, -0.2) is 0 Å². The van der Waals surface area contributed by atoms with Gasteiger partial charge in [-0.15, -0.1) is 0 Å². The van der Waals surface area contributed by atoms with Crippen molar-refractivity contribution in [1.82, 2.24) is 9.78 Å². The Kier molecular flexibility index (Phi) is 5.69. The predicted octanol–water partition coefficient (Wildman–Crippen LogP) is 3.76. The maximum absolute atomic E-state index is 12.1. The lowest BCUT2D eigenvalue weighted by molar-refractivity contribution is -0.118. The van der Waals surface area contributed by atoms with Crippen LogP contribution in [0.1, 0.15) is 16.7 Å². The van der Waals surface area contributed by atoms with Crippen molar-refractivity contribution in [3.63, 3.8) is 0 Å². The minimum Gasteiger partial charge on any atom is -0.484 e. The van der Waals surface area contributed by atoms with Crippen LogP contribution in [0.25, 0.3) is 0 Å². The summed E-state index contributed by atoms with van der Waals surface area (Å²) in [6.45, 7) is 4.80. The summed E-state index contributed by atoms with van der Waals surface area (Å²) in [7, 11) is 0. The van der Waals surface area contributed by atoms with Crippen molar-refractivity contribution >= 4 is 11.6 Å². The molecule has 134 valence electrons. The van der Waals surface area contributed by atoms with Crippen LogP contribution in [-0.4, -0.2) is 22.3 Å². The van der Waals surface area contributed by atoms with Crippen molar-refractivity contribution in [2.24, 2.45) is 0 Å². The average Bonchev–Trinajstić information content (AvgIpc) is 3.09. The minimum atomic E-state index is -0.203. The second kappa shape index (κ2) is 8.34. The number of hydrogen-bond donors (Lipinski definition) is 1. The third-order valence-corrected chi connectivity index (χ3v) is 4.24. The summed E-state index contributed by atoms with van der Waals surface area (Å²) in [5, 5.41) is 7.09. The molecule has 0 aliphatic rings. The lowest BCUT2D eigenvalue weighted by atomic mass is 10.1. The van der Waals surface area contributed by atoms with Gasteiger partial charge >= 0.3 is 0 Å². The smallest absolute Gasteiger partial charge is 0.262 e. The quantitative estimate of drug-likeness (QED) is 0.706. The highest BCUT2D eigenvalue weighted by atomic mass is 16.5. The fraction of sp³-hybridized carbons (Fsp3) is 0.238. The first-order valence-corrected chi connectivity index (χ1v) is 8.66. The molecular weight excluding hydrogens is 326 g/mol. The van der Waals surface area contributed by atoms with Gasteiger partial charge in [0.15, 0.2) is 6.61 Å². The molecule has 0 aliphatic carbocycles. The van der Waals surface area contributed by atoms with E-state index < -0.39 is 0 Å². The van der Waals surface area contributed by atoms with Gasteiger partial charge in [0.25, 0.3) is 5.91 Å². The summed E-state index contributed by atoms with van der Waals surface area (Å²) in [5.74, 6) is 0.493. The highest BCUT2D eigenvalue weighted by molar-refractivity contribution is 5.91. The van der Waals surface area contributed by atoms with Crippen LogP contribution in [0.3, 0.4) is 0 Å². The standard InChI is InChI=1S/C21H23N3O2/c1-16-8-9-20(12-17(16)2)26-15-21(25)23-19-13-22-24(14-19)11-10-18-6-4-3-5-7-18/h3-9,12-14H,10-11,15H2,1-2H3,(H,23,25). The number of hydrogen-bond acceptors (Lipinski definition) is 3. The summed E-state index contributed by atoms with van der Waals surface area (Å²) in [4.78, 5) is 12.1. The first-order chi connectivity index (χ1) is 12.6. The van der Waals surface area contributed by atoms with E-state index in [1.165, 1.54) is 11.1 Å². The number of aromatic nitrogens is 2. The Morgan fingerprint density at radius 1 is 1.12 bits per heavy atom. The van der Waals surface area contributed by atoms with Crippen LogP contribution in [0.4, 0.5) is 5.69 Å². The number of nitrogens with zero attached hydrogens (tertiary/aromatic N) is 2. The van der Waals surface area contributed by atoms with E-state index in [2.05, 4.69) is 22.5 Å². The number of benzene rings is 2. The Hall–Kier alpha value is -3.08. The molecule has 0 saturated carbocycles. The zero-order valence-corrected chi connectivity index (χ0v) is 15.1. The molecule has 26 heavy (non-hydrogen) atoms. The second-order valence-electron chi connectivity index (χ2n) is 6.31. The molecule has 1 N–H and O–H groups in total. The zero-order chi connectivity index (χ0) is 18.4. The minimum absolute atomic E-state index is 0.0301. The lowest BCUT2D eigenvalue weighted by Crippen LogP contribution is -2.19. The molecule has 3 rings (SSSR count). The van der Waals surface area contributed by atoms with Crippen LogP contribution in [0.2, 0.25) is 0 Å². The van der Waals surface area contributed by atoms with E-state index in [4.69, 9.17) is 4.74 Å². The van der Waals surface area contributed by atoms with E-state index in [0.29, 0.717) is 11.4 Å². The van der Waals surface area contributed by atoms with Crippen LogP contribution in [-0.2, 0) is 17.8 Å². The fourth-order valence-corrected chi connectivity index (χ4v) is 2.59. The summed E-state index contributed by atoms with van der Waals surface area (Å²) < 4.78 is 7.37. The van der Waals surface area contributed by atoms with Gasteiger partial charge in [-0.2, -0.15) is 5.10 Å². The molecule has 0 aliphatic heterocycles. The van der Waals surface area contributed by atoms with Crippen molar-refractivity contribution in [2.45, 2.75) is 26.8 Å². The van der Waals surface area contributed by atoms with Crippen LogP contribution in [0.15, 0.2) is 60.9 Å². The van der Waals surface area contributed by atoms with E-state index in [1.807, 2.05) is 61.1 Å². The SMILES string of the molecule is Cc1ccc(OCC(=O)Nc2cnn(CCc3ccccc3)c2)cc1C. The molecule has 1 heterocycles. The first kappa shape index (κ1) is 17.7. The number of carbonyl (C=O) groups excluding carboxylic acids is 1. The molecule has 5 heteroatoms. The van der Waals surface area contributed by atoms with Crippen molar-refractivity contribution < 1.29 is 9.53 Å². The first-order valence-electron chi connectivity index (χ1n) is 8.66. The van der Waals surface area contributed by atoms with E-state index in [9.17, 15) is 4.79 Å². The Bertz CT molecular complexity index is 872. The van der Waals surface area contributed by atoms with E-state index in [-0.39, 0.29) is 12.5 Å². The molecule has 0 radical (unpaired) electrons. The topological polar surface area (TPSA) is 56.1 Å². The van der Waals surface area contributed by atoms with Gasteiger partial charge in [-0.05, 0) is 49.1 Å². The van der Waals surface area contributed by atoms with E-state index in [0.717, 1.165) is 18.5 Å². The van der Waals surface area contributed by atoms with Crippen molar-refractivity contribution in [1.29, 1.82) is 0 Å². The van der Waals surface area contributed by atoms with Crippen molar-refractivity contribution in [2.75, 3.05) is 11.9 Å². The van der Waals surface area contributed by atoms with Gasteiger partial charge in [0.1, 0.15) is 5.75 Å². The number of anilines is 1. The summed E-state index contributed by atoms with van der Waals surface area (Å²) in [5.41, 5.74) is 4.27. The largest absolute Gasteiger partial charge is 0.484 e. The number of aryl methyl sites for hydroxylation is 4. The molecule has 0 bridgehead atoms. The van der Waals surface area contributed by atoms with Crippen LogP contribution in [0, 0.1) is 13.8 Å². The van der Waals surface area contributed by atoms with Gasteiger partial charge in [0, 0.05) is 12.7 Å². The predicted molar refractivity (Wildman–Crippen MR) is 102 cm³/mol. The highest BCUT2D eigenvalue weighted by Gasteiger charge is 2.06. The number of carbonyl (C=O) groups is 1. The van der Waals surface area contributed by atoms with Crippen molar-refractivity contribution in [3.8, 4) is 5.75 Å². The monoisotopic (exact) mass is 349 g/mol. The maximum atomic E-state index is 12.1. The van der Waals surface area contributed by atoms with Crippen LogP contribution in [0.5, 0.6) is 5.75 Å². The number of rotatable bonds is 7. The van der Waals surface area contributed by atoms with Crippen LogP contribution >= 0.6 is 0 Å². The summed E-state index contributed by atoms with van der Waals surface area (Å²) in [6.07, 6.45) is 4.38. The summed E-state index contributed by atoms with van der Waals surface area (Å²) >= 11 is 0. The van der Waals surface area contributed by atoms with Gasteiger partial charge in [-0.1, -0.05) is 36.4 Å². The number of ether oxygens (including phenoxy) is 1.